The molecule has 26 heavy (non-hydrogen) atoms. The maximum Gasteiger partial charge on any atom is 0.410 e. The van der Waals surface area contributed by atoms with Gasteiger partial charge in [-0.2, -0.15) is 0 Å². The number of fused-ring (bicyclic) bond motifs is 2. The smallest absolute Gasteiger partial charge is 0.410 e. The first-order chi connectivity index (χ1) is 12.4. The predicted octanol–water partition coefficient (Wildman–Crippen LogP) is 2.62. The van der Waals surface area contributed by atoms with Gasteiger partial charge < -0.3 is 19.7 Å². The van der Waals surface area contributed by atoms with E-state index in [0.29, 0.717) is 6.61 Å². The van der Waals surface area contributed by atoms with E-state index in [9.17, 15) is 9.59 Å². The van der Waals surface area contributed by atoms with Crippen LogP contribution in [0.2, 0.25) is 0 Å². The Bertz CT molecular complexity index is 637. The fourth-order valence-corrected chi connectivity index (χ4v) is 5.11. The van der Waals surface area contributed by atoms with Crippen LogP contribution < -0.4 is 5.32 Å². The number of likely N-dealkylation sites (tertiary alicyclic amines) is 1. The molecule has 2 amide bonds. The molecule has 3 saturated heterocycles. The molecule has 4 aliphatic rings. The minimum absolute atomic E-state index is 0.154. The SMILES string of the molecule is CCOC(=O)N1C2C=C(N3CCC4(CC3)OC(=O)NC4(C)C)CC1CC2. The average molecular weight is 363 g/mol. The topological polar surface area (TPSA) is 71.1 Å². The van der Waals surface area contributed by atoms with Gasteiger partial charge in [0.2, 0.25) is 0 Å². The van der Waals surface area contributed by atoms with Crippen molar-refractivity contribution in [2.45, 2.75) is 76.1 Å². The molecule has 0 aromatic rings. The lowest BCUT2D eigenvalue weighted by Crippen LogP contribution is -2.58. The highest BCUT2D eigenvalue weighted by Gasteiger charge is 2.56. The Labute approximate surface area is 154 Å². The maximum absolute atomic E-state index is 12.2. The van der Waals surface area contributed by atoms with E-state index in [1.807, 2.05) is 25.7 Å². The van der Waals surface area contributed by atoms with Crippen LogP contribution in [0, 0.1) is 0 Å². The van der Waals surface area contributed by atoms with Crippen LogP contribution in [0.4, 0.5) is 9.59 Å². The molecule has 0 aromatic heterocycles. The number of piperidine rings is 1. The second-order valence-corrected chi connectivity index (χ2v) is 8.39. The summed E-state index contributed by atoms with van der Waals surface area (Å²) < 4.78 is 10.9. The lowest BCUT2D eigenvalue weighted by atomic mass is 9.76. The number of ether oxygens (including phenoxy) is 2. The van der Waals surface area contributed by atoms with Gasteiger partial charge in [0.15, 0.2) is 0 Å². The van der Waals surface area contributed by atoms with Crippen molar-refractivity contribution in [2.75, 3.05) is 19.7 Å². The fourth-order valence-electron chi connectivity index (χ4n) is 5.11. The van der Waals surface area contributed by atoms with Gasteiger partial charge in [0.05, 0.1) is 18.2 Å². The first-order valence-corrected chi connectivity index (χ1v) is 9.77. The van der Waals surface area contributed by atoms with Crippen molar-refractivity contribution in [3.63, 3.8) is 0 Å². The molecule has 144 valence electrons. The van der Waals surface area contributed by atoms with E-state index < -0.39 is 5.60 Å². The van der Waals surface area contributed by atoms with Crippen LogP contribution in [-0.4, -0.2) is 64.9 Å². The van der Waals surface area contributed by atoms with E-state index in [1.165, 1.54) is 5.70 Å². The van der Waals surface area contributed by atoms with Crippen LogP contribution in [-0.2, 0) is 9.47 Å². The van der Waals surface area contributed by atoms with E-state index in [1.54, 1.807) is 0 Å². The fraction of sp³-hybridized carbons (Fsp3) is 0.789. The molecule has 1 spiro atoms. The summed E-state index contributed by atoms with van der Waals surface area (Å²) in [6.07, 6.45) is 6.36. The molecule has 0 radical (unpaired) electrons. The highest BCUT2D eigenvalue weighted by Crippen LogP contribution is 2.43. The van der Waals surface area contributed by atoms with Gasteiger partial charge in [-0.3, -0.25) is 4.90 Å². The number of carbonyl (C=O) groups is 2. The lowest BCUT2D eigenvalue weighted by Gasteiger charge is -2.46. The van der Waals surface area contributed by atoms with Crippen LogP contribution in [0.1, 0.15) is 52.9 Å². The number of amides is 2. The normalized spacial score (nSPS) is 31.5. The number of hydrogen-bond donors (Lipinski definition) is 1. The molecule has 3 fully saturated rings. The van der Waals surface area contributed by atoms with Crippen molar-refractivity contribution < 1.29 is 19.1 Å². The Kier molecular flexibility index (Phi) is 4.08. The van der Waals surface area contributed by atoms with Gasteiger partial charge >= 0.3 is 12.2 Å². The van der Waals surface area contributed by atoms with Gasteiger partial charge in [-0.25, -0.2) is 9.59 Å². The molecular weight excluding hydrogens is 334 g/mol. The van der Waals surface area contributed by atoms with Crippen molar-refractivity contribution in [1.82, 2.24) is 15.1 Å². The van der Waals surface area contributed by atoms with Crippen LogP contribution in [0.15, 0.2) is 11.8 Å². The van der Waals surface area contributed by atoms with Gasteiger partial charge in [-0.05, 0) is 39.7 Å². The Morgan fingerprint density at radius 2 is 2.08 bits per heavy atom. The molecule has 4 heterocycles. The molecule has 0 saturated carbocycles. The zero-order valence-electron chi connectivity index (χ0n) is 15.9. The molecule has 2 atom stereocenters. The number of nitrogens with zero attached hydrogens (tertiary/aromatic N) is 2. The van der Waals surface area contributed by atoms with Crippen molar-refractivity contribution >= 4 is 12.2 Å². The third kappa shape index (κ3) is 2.63. The quantitative estimate of drug-likeness (QED) is 0.817. The van der Waals surface area contributed by atoms with Gasteiger partial charge in [0.25, 0.3) is 0 Å². The summed E-state index contributed by atoms with van der Waals surface area (Å²) in [5.41, 5.74) is 0.589. The van der Waals surface area contributed by atoms with Crippen LogP contribution in [0.5, 0.6) is 0 Å². The Hall–Kier alpha value is -1.92. The number of rotatable bonds is 2. The minimum Gasteiger partial charge on any atom is -0.450 e. The van der Waals surface area contributed by atoms with E-state index in [-0.39, 0.29) is 29.8 Å². The first kappa shape index (κ1) is 17.5. The third-order valence-electron chi connectivity index (χ3n) is 6.67. The van der Waals surface area contributed by atoms with Gasteiger partial charge in [0.1, 0.15) is 5.60 Å². The van der Waals surface area contributed by atoms with E-state index in [4.69, 9.17) is 9.47 Å². The van der Waals surface area contributed by atoms with E-state index >= 15 is 0 Å². The maximum atomic E-state index is 12.2. The molecule has 4 aliphatic heterocycles. The zero-order chi connectivity index (χ0) is 18.5. The zero-order valence-corrected chi connectivity index (χ0v) is 15.9. The van der Waals surface area contributed by atoms with Crippen molar-refractivity contribution in [3.05, 3.63) is 11.8 Å². The van der Waals surface area contributed by atoms with Crippen LogP contribution in [0.3, 0.4) is 0 Å². The monoisotopic (exact) mass is 363 g/mol. The number of nitrogens with one attached hydrogen (secondary N) is 1. The summed E-state index contributed by atoms with van der Waals surface area (Å²) in [6.45, 7) is 8.12. The Balaban J connectivity index is 1.44. The molecular formula is C19H29N3O4. The molecule has 7 nitrogen and oxygen atoms in total. The molecule has 2 unspecified atom stereocenters. The van der Waals surface area contributed by atoms with Crippen LogP contribution >= 0.6 is 0 Å². The second kappa shape index (κ2) is 6.06. The number of hydrogen-bond acceptors (Lipinski definition) is 5. The summed E-state index contributed by atoms with van der Waals surface area (Å²) in [7, 11) is 0. The average Bonchev–Trinajstić information content (AvgIpc) is 2.97. The molecule has 1 N–H and O–H groups in total. The molecule has 0 aliphatic carbocycles. The van der Waals surface area contributed by atoms with Gasteiger partial charge in [-0.1, -0.05) is 0 Å². The summed E-state index contributed by atoms with van der Waals surface area (Å²) >= 11 is 0. The predicted molar refractivity (Wildman–Crippen MR) is 95.6 cm³/mol. The van der Waals surface area contributed by atoms with Crippen molar-refractivity contribution in [1.29, 1.82) is 0 Å². The summed E-state index contributed by atoms with van der Waals surface area (Å²) in [6, 6.07) is 0.401. The standard InChI is InChI=1S/C19H29N3O4/c1-4-25-17(24)22-13-5-6-14(22)12-15(11-13)21-9-7-19(8-10-21)18(2,3)20-16(23)26-19/h11,13-14H,4-10,12H2,1-3H3,(H,20,23). The molecule has 2 bridgehead atoms. The van der Waals surface area contributed by atoms with Crippen LogP contribution in [0.25, 0.3) is 0 Å². The Morgan fingerprint density at radius 3 is 2.65 bits per heavy atom. The summed E-state index contributed by atoms with van der Waals surface area (Å²) in [5.74, 6) is 0. The second-order valence-electron chi connectivity index (χ2n) is 8.39. The highest BCUT2D eigenvalue weighted by molar-refractivity contribution is 5.72. The Morgan fingerprint density at radius 1 is 1.35 bits per heavy atom. The van der Waals surface area contributed by atoms with E-state index in [0.717, 1.165) is 45.2 Å². The first-order valence-electron chi connectivity index (χ1n) is 9.77. The summed E-state index contributed by atoms with van der Waals surface area (Å²) in [5, 5.41) is 2.95. The lowest BCUT2D eigenvalue weighted by molar-refractivity contribution is -0.0358. The number of carbonyl (C=O) groups excluding carboxylic acids is 2. The summed E-state index contributed by atoms with van der Waals surface area (Å²) in [4.78, 5) is 28.3. The number of alkyl carbamates (subject to hydrolysis) is 1. The van der Waals surface area contributed by atoms with Crippen molar-refractivity contribution in [2.24, 2.45) is 0 Å². The largest absolute Gasteiger partial charge is 0.450 e. The molecule has 4 rings (SSSR count). The van der Waals surface area contributed by atoms with E-state index in [2.05, 4.69) is 16.3 Å². The van der Waals surface area contributed by atoms with Gasteiger partial charge in [0, 0.05) is 44.1 Å². The van der Waals surface area contributed by atoms with Gasteiger partial charge in [-0.15, -0.1) is 0 Å². The third-order valence-corrected chi connectivity index (χ3v) is 6.67. The highest BCUT2D eigenvalue weighted by atomic mass is 16.6. The minimum atomic E-state index is -0.411. The van der Waals surface area contributed by atoms with Crippen molar-refractivity contribution in [3.8, 4) is 0 Å². The molecule has 7 heteroatoms. The molecule has 0 aromatic carbocycles.